The SMILES string of the molecule is C=Cc1cccc(C(C(=O)NCCCCC)N(C(=O)C(CS)NC(=O)OC(C)(C)C)C2CC2)c1. The quantitative estimate of drug-likeness (QED) is 0.298. The van der Waals surface area contributed by atoms with Gasteiger partial charge in [0.2, 0.25) is 11.8 Å². The van der Waals surface area contributed by atoms with Gasteiger partial charge in [0.25, 0.3) is 0 Å². The third-order valence-corrected chi connectivity index (χ3v) is 5.80. The molecule has 0 saturated heterocycles. The number of hydrogen-bond donors (Lipinski definition) is 3. The summed E-state index contributed by atoms with van der Waals surface area (Å²) in [5, 5.41) is 5.65. The number of unbranched alkanes of at least 4 members (excludes halogenated alkanes) is 2. The van der Waals surface area contributed by atoms with Crippen LogP contribution in [0.15, 0.2) is 30.8 Å². The lowest BCUT2D eigenvalue weighted by molar-refractivity contribution is -0.142. The molecule has 188 valence electrons. The van der Waals surface area contributed by atoms with Gasteiger partial charge in [0.05, 0.1) is 0 Å². The molecule has 0 bridgehead atoms. The van der Waals surface area contributed by atoms with Crippen molar-refractivity contribution in [3.63, 3.8) is 0 Å². The van der Waals surface area contributed by atoms with Gasteiger partial charge >= 0.3 is 6.09 Å². The second-order valence-electron chi connectivity index (χ2n) is 9.63. The van der Waals surface area contributed by atoms with Crippen molar-refractivity contribution >= 4 is 36.6 Å². The monoisotopic (exact) mass is 489 g/mol. The molecule has 1 saturated carbocycles. The standard InChI is InChI=1S/C26H39N3O4S/c1-6-8-9-15-27-23(30)22(19-12-10-11-18(7-2)16-19)29(20-13-14-20)24(31)21(17-34)28-25(32)33-26(3,4)5/h7,10-12,16,20-22,34H,2,6,8-9,13-15,17H2,1,3-5H3,(H,27,30)(H,28,32). The van der Waals surface area contributed by atoms with E-state index in [1.807, 2.05) is 24.3 Å². The molecule has 1 aromatic carbocycles. The predicted molar refractivity (Wildman–Crippen MR) is 139 cm³/mol. The summed E-state index contributed by atoms with van der Waals surface area (Å²) in [6.07, 6.45) is 5.57. The number of nitrogens with zero attached hydrogens (tertiary/aromatic N) is 1. The van der Waals surface area contributed by atoms with Gasteiger partial charge in [-0.3, -0.25) is 9.59 Å². The maximum absolute atomic E-state index is 13.7. The molecule has 7 nitrogen and oxygen atoms in total. The fourth-order valence-corrected chi connectivity index (χ4v) is 3.91. The third-order valence-electron chi connectivity index (χ3n) is 5.43. The average Bonchev–Trinajstić information content (AvgIpc) is 3.62. The van der Waals surface area contributed by atoms with Gasteiger partial charge in [0.15, 0.2) is 0 Å². The van der Waals surface area contributed by atoms with Crippen LogP contribution in [0.3, 0.4) is 0 Å². The van der Waals surface area contributed by atoms with Crippen LogP contribution in [0.2, 0.25) is 0 Å². The Morgan fingerprint density at radius 2 is 1.97 bits per heavy atom. The second-order valence-corrected chi connectivity index (χ2v) is 10.00. The number of rotatable bonds is 12. The summed E-state index contributed by atoms with van der Waals surface area (Å²) in [6, 6.07) is 5.67. The number of carbonyl (C=O) groups excluding carboxylic acids is 3. The maximum Gasteiger partial charge on any atom is 0.408 e. The van der Waals surface area contributed by atoms with Crippen LogP contribution in [0.25, 0.3) is 6.08 Å². The number of hydrogen-bond acceptors (Lipinski definition) is 5. The molecule has 0 spiro atoms. The summed E-state index contributed by atoms with van der Waals surface area (Å²) >= 11 is 4.31. The molecule has 0 aliphatic heterocycles. The van der Waals surface area contributed by atoms with Crippen LogP contribution < -0.4 is 10.6 Å². The van der Waals surface area contributed by atoms with E-state index < -0.39 is 23.8 Å². The normalized spacial score (nSPS) is 15.1. The Bertz CT molecular complexity index is 864. The highest BCUT2D eigenvalue weighted by molar-refractivity contribution is 7.80. The second kappa shape index (κ2) is 12.8. The van der Waals surface area contributed by atoms with Crippen LogP contribution in [-0.2, 0) is 14.3 Å². The van der Waals surface area contributed by atoms with Crippen LogP contribution in [0.1, 0.15) is 77.0 Å². The fraction of sp³-hybridized carbons (Fsp3) is 0.577. The van der Waals surface area contributed by atoms with Gasteiger partial charge < -0.3 is 20.3 Å². The summed E-state index contributed by atoms with van der Waals surface area (Å²) < 4.78 is 5.33. The Labute approximate surface area is 209 Å². The van der Waals surface area contributed by atoms with Crippen LogP contribution >= 0.6 is 12.6 Å². The summed E-state index contributed by atoms with van der Waals surface area (Å²) in [7, 11) is 0. The number of alkyl carbamates (subject to hydrolysis) is 1. The van der Waals surface area contributed by atoms with Gasteiger partial charge in [-0.05, 0) is 57.2 Å². The number of amides is 3. The van der Waals surface area contributed by atoms with Gasteiger partial charge in [-0.15, -0.1) is 0 Å². The molecular formula is C26H39N3O4S. The first-order chi connectivity index (χ1) is 16.1. The van der Waals surface area contributed by atoms with E-state index in [0.29, 0.717) is 12.1 Å². The Kier molecular flexibility index (Phi) is 10.5. The molecule has 1 fully saturated rings. The van der Waals surface area contributed by atoms with Crippen molar-refractivity contribution in [2.75, 3.05) is 12.3 Å². The highest BCUT2D eigenvalue weighted by Gasteiger charge is 2.43. The molecular weight excluding hydrogens is 450 g/mol. The summed E-state index contributed by atoms with van der Waals surface area (Å²) in [6.45, 7) is 11.7. The third kappa shape index (κ3) is 8.38. The largest absolute Gasteiger partial charge is 0.444 e. The summed E-state index contributed by atoms with van der Waals surface area (Å²) in [5.74, 6) is -0.493. The highest BCUT2D eigenvalue weighted by atomic mass is 32.1. The first kappa shape index (κ1) is 27.8. The Morgan fingerprint density at radius 1 is 1.26 bits per heavy atom. The van der Waals surface area contributed by atoms with Crippen molar-refractivity contribution in [3.05, 3.63) is 42.0 Å². The number of benzene rings is 1. The smallest absolute Gasteiger partial charge is 0.408 e. The minimum atomic E-state index is -0.920. The van der Waals surface area contributed by atoms with Gasteiger partial charge in [-0.2, -0.15) is 12.6 Å². The predicted octanol–water partition coefficient (Wildman–Crippen LogP) is 4.49. The molecule has 1 aliphatic carbocycles. The highest BCUT2D eigenvalue weighted by Crippen LogP contribution is 2.36. The van der Waals surface area contributed by atoms with Gasteiger partial charge in [0, 0.05) is 18.3 Å². The fourth-order valence-electron chi connectivity index (χ4n) is 3.66. The zero-order valence-corrected chi connectivity index (χ0v) is 21.7. The van der Waals surface area contributed by atoms with E-state index in [1.165, 1.54) is 0 Å². The van der Waals surface area contributed by atoms with Crippen LogP contribution in [0.5, 0.6) is 0 Å². The molecule has 0 radical (unpaired) electrons. The number of ether oxygens (including phenoxy) is 1. The molecule has 2 rings (SSSR count). The van der Waals surface area contributed by atoms with E-state index in [9.17, 15) is 14.4 Å². The summed E-state index contributed by atoms with van der Waals surface area (Å²) in [5.41, 5.74) is 0.874. The summed E-state index contributed by atoms with van der Waals surface area (Å²) in [4.78, 5) is 41.1. The topological polar surface area (TPSA) is 87.7 Å². The Hall–Kier alpha value is -2.48. The minimum Gasteiger partial charge on any atom is -0.444 e. The lowest BCUT2D eigenvalue weighted by Crippen LogP contribution is -2.54. The number of thiol groups is 1. The Balaban J connectivity index is 2.35. The molecule has 8 heteroatoms. The van der Waals surface area contributed by atoms with Crippen molar-refractivity contribution in [1.82, 2.24) is 15.5 Å². The average molecular weight is 490 g/mol. The molecule has 2 atom stereocenters. The van der Waals surface area contributed by atoms with E-state index in [-0.39, 0.29) is 23.6 Å². The minimum absolute atomic E-state index is 0.0749. The van der Waals surface area contributed by atoms with Crippen molar-refractivity contribution in [2.45, 2.75) is 83.5 Å². The van der Waals surface area contributed by atoms with Crippen LogP contribution in [0, 0.1) is 0 Å². The van der Waals surface area contributed by atoms with Crippen molar-refractivity contribution in [2.24, 2.45) is 0 Å². The maximum atomic E-state index is 13.7. The zero-order valence-electron chi connectivity index (χ0n) is 20.8. The first-order valence-electron chi connectivity index (χ1n) is 12.0. The molecule has 3 amide bonds. The van der Waals surface area contributed by atoms with Gasteiger partial charge in [-0.1, -0.05) is 50.6 Å². The lowest BCUT2D eigenvalue weighted by atomic mass is 10.00. The van der Waals surface area contributed by atoms with Gasteiger partial charge in [-0.25, -0.2) is 4.79 Å². The van der Waals surface area contributed by atoms with Crippen LogP contribution in [-0.4, -0.2) is 52.8 Å². The number of nitrogens with one attached hydrogen (secondary N) is 2. The molecule has 0 aromatic heterocycles. The number of carbonyl (C=O) groups is 3. The van der Waals surface area contributed by atoms with Crippen molar-refractivity contribution in [3.8, 4) is 0 Å². The van der Waals surface area contributed by atoms with Crippen LogP contribution in [0.4, 0.5) is 4.79 Å². The van der Waals surface area contributed by atoms with E-state index in [0.717, 1.165) is 37.7 Å². The van der Waals surface area contributed by atoms with E-state index in [2.05, 4.69) is 36.8 Å². The lowest BCUT2D eigenvalue weighted by Gasteiger charge is -2.34. The first-order valence-corrected chi connectivity index (χ1v) is 12.7. The zero-order chi connectivity index (χ0) is 25.3. The molecule has 1 aliphatic rings. The van der Waals surface area contributed by atoms with Crippen molar-refractivity contribution in [1.29, 1.82) is 0 Å². The molecule has 0 heterocycles. The molecule has 2 N–H and O–H groups in total. The molecule has 1 aromatic rings. The molecule has 34 heavy (non-hydrogen) atoms. The van der Waals surface area contributed by atoms with E-state index in [1.54, 1.807) is 31.7 Å². The Morgan fingerprint density at radius 3 is 2.53 bits per heavy atom. The van der Waals surface area contributed by atoms with Crippen molar-refractivity contribution < 1.29 is 19.1 Å². The van der Waals surface area contributed by atoms with E-state index in [4.69, 9.17) is 4.74 Å². The van der Waals surface area contributed by atoms with Gasteiger partial charge in [0.1, 0.15) is 17.7 Å². The molecule has 2 unspecified atom stereocenters. The van der Waals surface area contributed by atoms with E-state index >= 15 is 0 Å².